The Labute approximate surface area is 114 Å². The van der Waals surface area contributed by atoms with Crippen molar-refractivity contribution in [3.63, 3.8) is 0 Å². The zero-order chi connectivity index (χ0) is 13.1. The minimum Gasteiger partial charge on any atom is -0.304 e. The number of pyridine rings is 1. The molecule has 1 fully saturated rings. The number of benzene rings is 1. The molecule has 1 aliphatic carbocycles. The second kappa shape index (κ2) is 5.54. The van der Waals surface area contributed by atoms with Crippen LogP contribution in [0.15, 0.2) is 48.7 Å². The minimum absolute atomic E-state index is 0.475. The van der Waals surface area contributed by atoms with Crippen molar-refractivity contribution in [3.05, 3.63) is 65.5 Å². The first-order valence-electron chi connectivity index (χ1n) is 7.03. The van der Waals surface area contributed by atoms with Crippen molar-refractivity contribution in [1.29, 1.82) is 0 Å². The molecule has 1 N–H and O–H groups in total. The van der Waals surface area contributed by atoms with Gasteiger partial charge in [-0.05, 0) is 43.4 Å². The molecule has 1 saturated carbocycles. The van der Waals surface area contributed by atoms with Gasteiger partial charge in [-0.15, -0.1) is 0 Å². The van der Waals surface area contributed by atoms with Crippen LogP contribution >= 0.6 is 0 Å². The Morgan fingerprint density at radius 1 is 1.16 bits per heavy atom. The Morgan fingerprint density at radius 3 is 2.58 bits per heavy atom. The van der Waals surface area contributed by atoms with E-state index in [9.17, 15) is 0 Å². The fourth-order valence-electron chi connectivity index (χ4n) is 2.48. The average molecular weight is 252 g/mol. The van der Waals surface area contributed by atoms with Gasteiger partial charge in [0.2, 0.25) is 0 Å². The number of hydrogen-bond donors (Lipinski definition) is 1. The zero-order valence-electron chi connectivity index (χ0n) is 11.3. The largest absolute Gasteiger partial charge is 0.304 e. The molecule has 0 spiro atoms. The van der Waals surface area contributed by atoms with Crippen molar-refractivity contribution < 1.29 is 0 Å². The molecule has 19 heavy (non-hydrogen) atoms. The lowest BCUT2D eigenvalue weighted by atomic mass is 10.0. The maximum absolute atomic E-state index is 4.38. The van der Waals surface area contributed by atoms with E-state index in [1.807, 2.05) is 18.3 Å². The molecular formula is C17H20N2. The molecule has 0 amide bonds. The van der Waals surface area contributed by atoms with Crippen LogP contribution < -0.4 is 5.32 Å². The Bertz CT molecular complexity index is 515. The first-order chi connectivity index (χ1) is 9.33. The van der Waals surface area contributed by atoms with Crippen LogP contribution in [-0.4, -0.2) is 4.98 Å². The third-order valence-corrected chi connectivity index (χ3v) is 3.76. The van der Waals surface area contributed by atoms with E-state index >= 15 is 0 Å². The SMILES string of the molecule is Cc1ccc([C@@H](NCc2ccccn2)C2CC2)cc1. The Morgan fingerprint density at radius 2 is 1.95 bits per heavy atom. The van der Waals surface area contributed by atoms with Gasteiger partial charge < -0.3 is 5.32 Å². The Kier molecular flexibility index (Phi) is 3.60. The van der Waals surface area contributed by atoms with Crippen LogP contribution in [0.5, 0.6) is 0 Å². The summed E-state index contributed by atoms with van der Waals surface area (Å²) in [5.74, 6) is 0.798. The highest BCUT2D eigenvalue weighted by Gasteiger charge is 2.31. The molecule has 98 valence electrons. The standard InChI is InChI=1S/C17H20N2/c1-13-5-7-14(8-6-13)17(15-9-10-15)19-12-16-4-2-3-11-18-16/h2-8,11,15,17,19H,9-10,12H2,1H3/t17-/m1/s1. The third-order valence-electron chi connectivity index (χ3n) is 3.76. The van der Waals surface area contributed by atoms with E-state index in [0.717, 1.165) is 18.2 Å². The van der Waals surface area contributed by atoms with Crippen molar-refractivity contribution in [2.24, 2.45) is 5.92 Å². The highest BCUT2D eigenvalue weighted by molar-refractivity contribution is 5.25. The van der Waals surface area contributed by atoms with Crippen LogP contribution in [-0.2, 0) is 6.54 Å². The van der Waals surface area contributed by atoms with E-state index in [1.54, 1.807) is 0 Å². The third kappa shape index (κ3) is 3.21. The molecular weight excluding hydrogens is 232 g/mol. The summed E-state index contributed by atoms with van der Waals surface area (Å²) in [5, 5.41) is 3.67. The summed E-state index contributed by atoms with van der Waals surface area (Å²) in [5.41, 5.74) is 3.84. The molecule has 3 rings (SSSR count). The second-order valence-corrected chi connectivity index (χ2v) is 5.43. The molecule has 0 radical (unpaired) electrons. The molecule has 2 heteroatoms. The van der Waals surface area contributed by atoms with Gasteiger partial charge in [0, 0.05) is 18.8 Å². The Balaban J connectivity index is 1.69. The van der Waals surface area contributed by atoms with Crippen LogP contribution in [0.4, 0.5) is 0 Å². The van der Waals surface area contributed by atoms with Gasteiger partial charge in [-0.3, -0.25) is 4.98 Å². The number of hydrogen-bond acceptors (Lipinski definition) is 2. The second-order valence-electron chi connectivity index (χ2n) is 5.43. The van der Waals surface area contributed by atoms with Gasteiger partial charge in [-0.25, -0.2) is 0 Å². The summed E-state index contributed by atoms with van der Waals surface area (Å²) in [6.45, 7) is 2.98. The van der Waals surface area contributed by atoms with Crippen LogP contribution in [0.1, 0.15) is 35.7 Å². The van der Waals surface area contributed by atoms with Gasteiger partial charge >= 0.3 is 0 Å². The number of aromatic nitrogens is 1. The lowest BCUT2D eigenvalue weighted by molar-refractivity contribution is 0.476. The van der Waals surface area contributed by atoms with Gasteiger partial charge in [0.25, 0.3) is 0 Å². The van der Waals surface area contributed by atoms with E-state index in [1.165, 1.54) is 24.0 Å². The molecule has 1 aliphatic rings. The first kappa shape index (κ1) is 12.4. The highest BCUT2D eigenvalue weighted by Crippen LogP contribution is 2.41. The first-order valence-corrected chi connectivity index (χ1v) is 7.03. The lowest BCUT2D eigenvalue weighted by Crippen LogP contribution is -2.23. The predicted molar refractivity (Wildman–Crippen MR) is 77.7 cm³/mol. The van der Waals surface area contributed by atoms with Crippen molar-refractivity contribution in [3.8, 4) is 0 Å². The summed E-state index contributed by atoms with van der Waals surface area (Å²) in [7, 11) is 0. The molecule has 1 atom stereocenters. The average Bonchev–Trinajstić information content (AvgIpc) is 3.27. The molecule has 0 unspecified atom stereocenters. The van der Waals surface area contributed by atoms with Gasteiger partial charge in [-0.1, -0.05) is 35.9 Å². The van der Waals surface area contributed by atoms with Crippen LogP contribution in [0.2, 0.25) is 0 Å². The predicted octanol–water partition coefficient (Wildman–Crippen LogP) is 3.63. The van der Waals surface area contributed by atoms with Crippen molar-refractivity contribution in [2.45, 2.75) is 32.4 Å². The quantitative estimate of drug-likeness (QED) is 0.879. The summed E-state index contributed by atoms with van der Waals surface area (Å²) < 4.78 is 0. The topological polar surface area (TPSA) is 24.9 Å². The summed E-state index contributed by atoms with van der Waals surface area (Å²) in [6, 6.07) is 15.5. The maximum atomic E-state index is 4.38. The van der Waals surface area contributed by atoms with Crippen molar-refractivity contribution >= 4 is 0 Å². The molecule has 0 bridgehead atoms. The fourth-order valence-corrected chi connectivity index (χ4v) is 2.48. The molecule has 2 aromatic rings. The number of nitrogens with zero attached hydrogens (tertiary/aromatic N) is 1. The fraction of sp³-hybridized carbons (Fsp3) is 0.353. The van der Waals surface area contributed by atoms with Crippen LogP contribution in [0.3, 0.4) is 0 Å². The van der Waals surface area contributed by atoms with Gasteiger partial charge in [0.05, 0.1) is 5.69 Å². The molecule has 0 aliphatic heterocycles. The molecule has 0 saturated heterocycles. The van der Waals surface area contributed by atoms with Gasteiger partial charge in [0.15, 0.2) is 0 Å². The van der Waals surface area contributed by atoms with Crippen molar-refractivity contribution in [1.82, 2.24) is 10.3 Å². The molecule has 1 aromatic carbocycles. The minimum atomic E-state index is 0.475. The molecule has 2 nitrogen and oxygen atoms in total. The van der Waals surface area contributed by atoms with E-state index in [0.29, 0.717) is 6.04 Å². The highest BCUT2D eigenvalue weighted by atomic mass is 14.9. The van der Waals surface area contributed by atoms with Gasteiger partial charge in [-0.2, -0.15) is 0 Å². The normalized spacial score (nSPS) is 16.3. The zero-order valence-corrected chi connectivity index (χ0v) is 11.3. The van der Waals surface area contributed by atoms with E-state index < -0.39 is 0 Å². The smallest absolute Gasteiger partial charge is 0.0541 e. The Hall–Kier alpha value is -1.67. The monoisotopic (exact) mass is 252 g/mol. The summed E-state index contributed by atoms with van der Waals surface area (Å²) in [4.78, 5) is 4.38. The van der Waals surface area contributed by atoms with Crippen molar-refractivity contribution in [2.75, 3.05) is 0 Å². The van der Waals surface area contributed by atoms with Crippen LogP contribution in [0, 0.1) is 12.8 Å². The summed E-state index contributed by atoms with van der Waals surface area (Å²) >= 11 is 0. The number of aryl methyl sites for hydroxylation is 1. The maximum Gasteiger partial charge on any atom is 0.0541 e. The molecule has 1 aromatic heterocycles. The number of nitrogens with one attached hydrogen (secondary N) is 1. The summed E-state index contributed by atoms with van der Waals surface area (Å²) in [6.07, 6.45) is 4.54. The van der Waals surface area contributed by atoms with Crippen LogP contribution in [0.25, 0.3) is 0 Å². The lowest BCUT2D eigenvalue weighted by Gasteiger charge is -2.19. The number of rotatable bonds is 5. The van der Waals surface area contributed by atoms with Gasteiger partial charge in [0.1, 0.15) is 0 Å². The van der Waals surface area contributed by atoms with E-state index in [2.05, 4.69) is 47.6 Å². The van der Waals surface area contributed by atoms with E-state index in [4.69, 9.17) is 0 Å². The molecule has 1 heterocycles. The van der Waals surface area contributed by atoms with E-state index in [-0.39, 0.29) is 0 Å².